The molecule has 0 N–H and O–H groups in total. The van der Waals surface area contributed by atoms with Crippen molar-refractivity contribution in [3.63, 3.8) is 0 Å². The van der Waals surface area contributed by atoms with Crippen molar-refractivity contribution in [3.05, 3.63) is 52.5 Å². The van der Waals surface area contributed by atoms with Gasteiger partial charge in [0.2, 0.25) is 5.91 Å². The summed E-state index contributed by atoms with van der Waals surface area (Å²) in [5.41, 5.74) is 1.49. The lowest BCUT2D eigenvalue weighted by molar-refractivity contribution is -0.127. The molecule has 1 aliphatic carbocycles. The number of carbonyl (C=O) groups is 1. The van der Waals surface area contributed by atoms with E-state index in [2.05, 4.69) is 10.2 Å². The van der Waals surface area contributed by atoms with Gasteiger partial charge in [-0.3, -0.25) is 9.36 Å². The number of nitrogens with zero attached hydrogens (tertiary/aromatic N) is 4. The predicted octanol–water partition coefficient (Wildman–Crippen LogP) is 4.96. The second-order valence-corrected chi connectivity index (χ2v) is 8.81. The molecule has 0 unspecified atom stereocenters. The summed E-state index contributed by atoms with van der Waals surface area (Å²) in [4.78, 5) is 14.3. The molecule has 0 spiro atoms. The summed E-state index contributed by atoms with van der Waals surface area (Å²) >= 11 is 13.8. The van der Waals surface area contributed by atoms with Crippen molar-refractivity contribution >= 4 is 40.9 Å². The van der Waals surface area contributed by atoms with Crippen LogP contribution < -0.4 is 4.74 Å². The predicted molar refractivity (Wildman–Crippen MR) is 120 cm³/mol. The van der Waals surface area contributed by atoms with Gasteiger partial charge in [-0.2, -0.15) is 0 Å². The van der Waals surface area contributed by atoms with Crippen LogP contribution in [-0.4, -0.2) is 51.5 Å². The molecule has 0 bridgehead atoms. The smallest absolute Gasteiger partial charge is 0.233 e. The number of rotatable bonds is 7. The van der Waals surface area contributed by atoms with Crippen LogP contribution in [0.5, 0.6) is 5.75 Å². The maximum Gasteiger partial charge on any atom is 0.233 e. The molecule has 30 heavy (non-hydrogen) atoms. The molecule has 1 saturated carbocycles. The minimum absolute atomic E-state index is 0.0689. The number of benzene rings is 2. The highest BCUT2D eigenvalue weighted by molar-refractivity contribution is 7.99. The quantitative estimate of drug-likeness (QED) is 0.464. The van der Waals surface area contributed by atoms with Gasteiger partial charge in [-0.25, -0.2) is 0 Å². The van der Waals surface area contributed by atoms with Gasteiger partial charge in [0.15, 0.2) is 11.0 Å². The molecular weight excluding hydrogens is 443 g/mol. The van der Waals surface area contributed by atoms with E-state index in [0.29, 0.717) is 38.5 Å². The van der Waals surface area contributed by atoms with Crippen LogP contribution in [0.25, 0.3) is 17.1 Å². The fraction of sp³-hybridized carbons (Fsp3) is 0.286. The second-order valence-electron chi connectivity index (χ2n) is 6.99. The lowest BCUT2D eigenvalue weighted by Crippen LogP contribution is -2.30. The van der Waals surface area contributed by atoms with E-state index in [-0.39, 0.29) is 11.7 Å². The summed E-state index contributed by atoms with van der Waals surface area (Å²) < 4.78 is 7.40. The van der Waals surface area contributed by atoms with Crippen molar-refractivity contribution in [2.45, 2.75) is 24.0 Å². The van der Waals surface area contributed by atoms with Crippen LogP contribution in [0.1, 0.15) is 12.8 Å². The molecule has 0 aliphatic heterocycles. The molecule has 0 atom stereocenters. The number of amides is 1. The molecule has 2 aromatic carbocycles. The Balaban J connectivity index is 1.75. The molecule has 4 rings (SSSR count). The van der Waals surface area contributed by atoms with Crippen LogP contribution in [0.2, 0.25) is 10.0 Å². The van der Waals surface area contributed by atoms with Crippen LogP contribution in [0.15, 0.2) is 47.6 Å². The van der Waals surface area contributed by atoms with Crippen molar-refractivity contribution in [1.82, 2.24) is 19.7 Å². The lowest BCUT2D eigenvalue weighted by Gasteiger charge is -2.17. The molecule has 0 radical (unpaired) electrons. The molecule has 1 fully saturated rings. The first kappa shape index (κ1) is 21.0. The number of hydrogen-bond acceptors (Lipinski definition) is 5. The monoisotopic (exact) mass is 462 g/mol. The van der Waals surface area contributed by atoms with Gasteiger partial charge < -0.3 is 9.64 Å². The first-order valence-electron chi connectivity index (χ1n) is 9.41. The molecule has 1 heterocycles. The summed E-state index contributed by atoms with van der Waals surface area (Å²) in [6.07, 6.45) is 2.14. The van der Waals surface area contributed by atoms with Crippen molar-refractivity contribution in [2.24, 2.45) is 0 Å². The van der Waals surface area contributed by atoms with E-state index in [0.717, 1.165) is 18.4 Å². The van der Waals surface area contributed by atoms with Gasteiger partial charge in [0.05, 0.1) is 18.6 Å². The molecule has 3 aromatic rings. The third kappa shape index (κ3) is 4.43. The minimum atomic E-state index is 0.0689. The summed E-state index contributed by atoms with van der Waals surface area (Å²) in [7, 11) is 3.44. The third-order valence-electron chi connectivity index (χ3n) is 4.91. The maximum absolute atomic E-state index is 12.5. The Bertz CT molecular complexity index is 1080. The number of aromatic nitrogens is 3. The summed E-state index contributed by atoms with van der Waals surface area (Å²) in [6.45, 7) is 0. The Kier molecular flexibility index (Phi) is 6.22. The zero-order valence-electron chi connectivity index (χ0n) is 16.5. The lowest BCUT2D eigenvalue weighted by atomic mass is 10.2. The number of carbonyl (C=O) groups excluding carboxylic acids is 1. The van der Waals surface area contributed by atoms with Crippen molar-refractivity contribution in [2.75, 3.05) is 19.9 Å². The molecule has 156 valence electrons. The largest absolute Gasteiger partial charge is 0.495 e. The Morgan fingerprint density at radius 1 is 1.20 bits per heavy atom. The maximum atomic E-state index is 12.5. The van der Waals surface area contributed by atoms with Crippen LogP contribution >= 0.6 is 35.0 Å². The zero-order valence-corrected chi connectivity index (χ0v) is 18.8. The van der Waals surface area contributed by atoms with Gasteiger partial charge in [0, 0.05) is 28.7 Å². The van der Waals surface area contributed by atoms with Crippen LogP contribution in [0, 0.1) is 0 Å². The normalized spacial score (nSPS) is 13.3. The number of thioether (sulfide) groups is 1. The standard InChI is InChI=1S/C21H20Cl2N4O2S/c1-26(16-7-8-16)19(28)12-30-21-25-24-20(13-4-3-5-14(22)10-13)27(21)17-11-15(23)6-9-18(17)29-2/h3-6,9-11,16H,7-8,12H2,1-2H3. The highest BCUT2D eigenvalue weighted by Gasteiger charge is 2.30. The van der Waals surface area contributed by atoms with Crippen LogP contribution in [0.3, 0.4) is 0 Å². The van der Waals surface area contributed by atoms with Gasteiger partial charge in [0.25, 0.3) is 0 Å². The third-order valence-corrected chi connectivity index (χ3v) is 6.29. The first-order valence-corrected chi connectivity index (χ1v) is 11.2. The van der Waals surface area contributed by atoms with E-state index in [4.69, 9.17) is 27.9 Å². The van der Waals surface area contributed by atoms with Crippen molar-refractivity contribution in [3.8, 4) is 22.8 Å². The molecule has 9 heteroatoms. The van der Waals surface area contributed by atoms with E-state index >= 15 is 0 Å². The molecule has 0 saturated heterocycles. The number of halogens is 2. The summed E-state index contributed by atoms with van der Waals surface area (Å²) in [6, 6.07) is 13.1. The SMILES string of the molecule is COc1ccc(Cl)cc1-n1c(SCC(=O)N(C)C2CC2)nnc1-c1cccc(Cl)c1. The van der Waals surface area contributed by atoms with E-state index in [9.17, 15) is 4.79 Å². The average molecular weight is 463 g/mol. The van der Waals surface area contributed by atoms with Crippen molar-refractivity contribution in [1.29, 1.82) is 0 Å². The highest BCUT2D eigenvalue weighted by Crippen LogP contribution is 2.35. The van der Waals surface area contributed by atoms with Crippen LogP contribution in [0.4, 0.5) is 0 Å². The Morgan fingerprint density at radius 3 is 2.67 bits per heavy atom. The molecule has 1 aromatic heterocycles. The van der Waals surface area contributed by atoms with Gasteiger partial charge >= 0.3 is 0 Å². The fourth-order valence-corrected chi connectivity index (χ4v) is 4.35. The van der Waals surface area contributed by atoms with E-state index in [1.807, 2.05) is 34.7 Å². The van der Waals surface area contributed by atoms with E-state index in [1.54, 1.807) is 31.4 Å². The van der Waals surface area contributed by atoms with Gasteiger partial charge in [-0.1, -0.05) is 47.1 Å². The molecule has 6 nitrogen and oxygen atoms in total. The van der Waals surface area contributed by atoms with Gasteiger partial charge in [0.1, 0.15) is 5.75 Å². The van der Waals surface area contributed by atoms with E-state index in [1.165, 1.54) is 11.8 Å². The zero-order chi connectivity index (χ0) is 21.3. The number of methoxy groups -OCH3 is 1. The summed E-state index contributed by atoms with van der Waals surface area (Å²) in [5.74, 6) is 1.54. The van der Waals surface area contributed by atoms with Crippen molar-refractivity contribution < 1.29 is 9.53 Å². The van der Waals surface area contributed by atoms with E-state index < -0.39 is 0 Å². The molecular formula is C21H20Cl2N4O2S. The number of ether oxygens (including phenoxy) is 1. The minimum Gasteiger partial charge on any atom is -0.495 e. The molecule has 1 aliphatic rings. The fourth-order valence-electron chi connectivity index (χ4n) is 3.13. The Morgan fingerprint density at radius 2 is 1.97 bits per heavy atom. The average Bonchev–Trinajstić information content (AvgIpc) is 3.50. The molecule has 1 amide bonds. The Hall–Kier alpha value is -2.22. The van der Waals surface area contributed by atoms with Gasteiger partial charge in [-0.05, 0) is 43.2 Å². The van der Waals surface area contributed by atoms with Gasteiger partial charge in [-0.15, -0.1) is 10.2 Å². The summed E-state index contributed by atoms with van der Waals surface area (Å²) in [5, 5.41) is 10.5. The van der Waals surface area contributed by atoms with Crippen LogP contribution in [-0.2, 0) is 4.79 Å². The Labute approximate surface area is 189 Å². The number of hydrogen-bond donors (Lipinski definition) is 0. The topological polar surface area (TPSA) is 60.2 Å². The second kappa shape index (κ2) is 8.88. The first-order chi connectivity index (χ1) is 14.5. The highest BCUT2D eigenvalue weighted by atomic mass is 35.5.